The molecule has 1 amide bonds. The Morgan fingerprint density at radius 1 is 1.40 bits per heavy atom. The highest BCUT2D eigenvalue weighted by Crippen LogP contribution is 2.11. The average Bonchev–Trinajstić information content (AvgIpc) is 2.63. The first-order chi connectivity index (χ1) is 12.2. The molecule has 8 nitrogen and oxygen atoms in total. The van der Waals surface area contributed by atoms with Crippen LogP contribution in [0.5, 0.6) is 0 Å². The quantitative estimate of drug-likeness (QED) is 0.825. The Bertz CT molecular complexity index is 669. The van der Waals surface area contributed by atoms with Crippen LogP contribution in [0.2, 0.25) is 0 Å². The number of anilines is 2. The number of amides is 1. The molecule has 1 atom stereocenters. The molecule has 3 rings (SSSR count). The fourth-order valence-electron chi connectivity index (χ4n) is 2.77. The van der Waals surface area contributed by atoms with E-state index in [2.05, 4.69) is 25.4 Å². The van der Waals surface area contributed by atoms with Gasteiger partial charge in [-0.1, -0.05) is 0 Å². The number of hydrogen-bond donors (Lipinski definition) is 1. The summed E-state index contributed by atoms with van der Waals surface area (Å²) in [7, 11) is 1.96. The van der Waals surface area contributed by atoms with Crippen molar-refractivity contribution >= 4 is 17.4 Å². The van der Waals surface area contributed by atoms with Crippen LogP contribution in [-0.2, 0) is 9.53 Å². The van der Waals surface area contributed by atoms with Gasteiger partial charge in [-0.05, 0) is 24.3 Å². The van der Waals surface area contributed by atoms with Crippen LogP contribution in [0.4, 0.5) is 11.5 Å². The fraction of sp³-hybridized carbons (Fsp3) is 0.412. The van der Waals surface area contributed by atoms with Gasteiger partial charge in [0.1, 0.15) is 0 Å². The van der Waals surface area contributed by atoms with E-state index < -0.39 is 0 Å². The summed E-state index contributed by atoms with van der Waals surface area (Å²) < 4.78 is 5.83. The van der Waals surface area contributed by atoms with E-state index in [1.54, 1.807) is 24.7 Å². The molecular weight excluding hydrogens is 320 g/mol. The number of likely N-dealkylation sites (N-methyl/N-ethyl adjacent to an activating group) is 1. The molecule has 2 aromatic heterocycles. The molecule has 1 aliphatic rings. The highest BCUT2D eigenvalue weighted by Gasteiger charge is 2.23. The van der Waals surface area contributed by atoms with Crippen LogP contribution in [-0.4, -0.2) is 71.9 Å². The second-order valence-corrected chi connectivity index (χ2v) is 5.98. The lowest BCUT2D eigenvalue weighted by Crippen LogP contribution is -2.49. The summed E-state index contributed by atoms with van der Waals surface area (Å²) >= 11 is 0. The Kier molecular flexibility index (Phi) is 5.86. The van der Waals surface area contributed by atoms with Gasteiger partial charge in [-0.25, -0.2) is 0 Å². The largest absolute Gasteiger partial charge is 0.374 e. The molecule has 1 N–H and O–H groups in total. The first-order valence-electron chi connectivity index (χ1n) is 8.23. The maximum Gasteiger partial charge on any atom is 0.238 e. The molecule has 0 saturated carbocycles. The lowest BCUT2D eigenvalue weighted by molar-refractivity contribution is -0.119. The number of carbonyl (C=O) groups is 1. The first-order valence-corrected chi connectivity index (χ1v) is 8.23. The number of rotatable bonds is 6. The van der Waals surface area contributed by atoms with Crippen LogP contribution in [0.3, 0.4) is 0 Å². The van der Waals surface area contributed by atoms with E-state index in [1.165, 1.54) is 0 Å². The standard InChI is InChI=1S/C17H22N6O2/c1-22(16-5-3-7-19-21-16)11-15-12-23(8-9-25-15)13-17(24)20-14-4-2-6-18-10-14/h2-7,10,15H,8-9,11-13H2,1H3,(H,20,24)/t15-/m0/s1. The predicted molar refractivity (Wildman–Crippen MR) is 94.3 cm³/mol. The van der Waals surface area contributed by atoms with Crippen LogP contribution < -0.4 is 10.2 Å². The number of pyridine rings is 1. The van der Waals surface area contributed by atoms with E-state index in [1.807, 2.05) is 30.1 Å². The predicted octanol–water partition coefficient (Wildman–Crippen LogP) is 0.647. The zero-order chi connectivity index (χ0) is 17.5. The van der Waals surface area contributed by atoms with Crippen LogP contribution in [0, 0.1) is 0 Å². The average molecular weight is 342 g/mol. The van der Waals surface area contributed by atoms with E-state index in [4.69, 9.17) is 4.74 Å². The summed E-state index contributed by atoms with van der Waals surface area (Å²) in [5.74, 6) is 0.758. The van der Waals surface area contributed by atoms with Crippen molar-refractivity contribution in [1.82, 2.24) is 20.1 Å². The Morgan fingerprint density at radius 2 is 2.28 bits per heavy atom. The smallest absolute Gasteiger partial charge is 0.238 e. The van der Waals surface area contributed by atoms with Gasteiger partial charge in [-0.2, -0.15) is 5.10 Å². The Morgan fingerprint density at radius 3 is 3.04 bits per heavy atom. The van der Waals surface area contributed by atoms with Gasteiger partial charge in [0.15, 0.2) is 5.82 Å². The maximum atomic E-state index is 12.2. The number of ether oxygens (including phenoxy) is 1. The van der Waals surface area contributed by atoms with Crippen molar-refractivity contribution < 1.29 is 9.53 Å². The topological polar surface area (TPSA) is 83.5 Å². The zero-order valence-corrected chi connectivity index (χ0v) is 14.2. The summed E-state index contributed by atoms with van der Waals surface area (Å²) in [5, 5.41) is 10.8. The van der Waals surface area contributed by atoms with E-state index in [0.717, 1.165) is 12.4 Å². The van der Waals surface area contributed by atoms with Crippen molar-refractivity contribution in [2.45, 2.75) is 6.10 Å². The molecular formula is C17H22N6O2. The fourth-order valence-corrected chi connectivity index (χ4v) is 2.77. The van der Waals surface area contributed by atoms with Crippen molar-refractivity contribution in [2.75, 3.05) is 50.1 Å². The van der Waals surface area contributed by atoms with Crippen LogP contribution in [0.25, 0.3) is 0 Å². The summed E-state index contributed by atoms with van der Waals surface area (Å²) in [4.78, 5) is 20.3. The number of nitrogens with one attached hydrogen (secondary N) is 1. The van der Waals surface area contributed by atoms with Crippen LogP contribution >= 0.6 is 0 Å². The summed E-state index contributed by atoms with van der Waals surface area (Å²) in [5.41, 5.74) is 0.708. The Balaban J connectivity index is 1.48. The van der Waals surface area contributed by atoms with Crippen molar-refractivity contribution in [3.05, 3.63) is 42.9 Å². The second kappa shape index (κ2) is 8.50. The third kappa shape index (κ3) is 5.20. The Labute approximate surface area is 146 Å². The van der Waals surface area contributed by atoms with Crippen LogP contribution in [0.1, 0.15) is 0 Å². The van der Waals surface area contributed by atoms with Gasteiger partial charge < -0.3 is 15.0 Å². The summed E-state index contributed by atoms with van der Waals surface area (Å²) in [6, 6.07) is 7.39. The van der Waals surface area contributed by atoms with Gasteiger partial charge >= 0.3 is 0 Å². The molecule has 132 valence electrons. The zero-order valence-electron chi connectivity index (χ0n) is 14.2. The molecule has 1 saturated heterocycles. The van der Waals surface area contributed by atoms with Crippen molar-refractivity contribution in [1.29, 1.82) is 0 Å². The molecule has 25 heavy (non-hydrogen) atoms. The molecule has 8 heteroatoms. The van der Waals surface area contributed by atoms with Gasteiger partial charge in [0.05, 0.1) is 31.1 Å². The maximum absolute atomic E-state index is 12.2. The van der Waals surface area contributed by atoms with Crippen molar-refractivity contribution in [2.24, 2.45) is 0 Å². The van der Waals surface area contributed by atoms with Gasteiger partial charge in [0.2, 0.25) is 5.91 Å². The Hall–Kier alpha value is -2.58. The van der Waals surface area contributed by atoms with Crippen LogP contribution in [0.15, 0.2) is 42.9 Å². The van der Waals surface area contributed by atoms with Gasteiger partial charge in [-0.15, -0.1) is 5.10 Å². The van der Waals surface area contributed by atoms with E-state index >= 15 is 0 Å². The molecule has 3 heterocycles. The normalized spacial score (nSPS) is 17.9. The molecule has 0 spiro atoms. The molecule has 0 aliphatic carbocycles. The lowest BCUT2D eigenvalue weighted by atomic mass is 10.2. The van der Waals surface area contributed by atoms with E-state index in [0.29, 0.717) is 31.9 Å². The molecule has 0 bridgehead atoms. The van der Waals surface area contributed by atoms with E-state index in [9.17, 15) is 4.79 Å². The second-order valence-electron chi connectivity index (χ2n) is 5.98. The molecule has 1 aliphatic heterocycles. The van der Waals surface area contributed by atoms with Gasteiger partial charge in [0, 0.05) is 39.1 Å². The number of aromatic nitrogens is 3. The molecule has 0 aromatic carbocycles. The SMILES string of the molecule is CN(C[C@H]1CN(CC(=O)Nc2cccnc2)CCO1)c1cccnn1. The minimum Gasteiger partial charge on any atom is -0.374 e. The molecule has 1 fully saturated rings. The number of carbonyl (C=O) groups excluding carboxylic acids is 1. The third-order valence-corrected chi connectivity index (χ3v) is 3.96. The van der Waals surface area contributed by atoms with Crippen molar-refractivity contribution in [3.63, 3.8) is 0 Å². The number of hydrogen-bond acceptors (Lipinski definition) is 7. The lowest BCUT2D eigenvalue weighted by Gasteiger charge is -2.34. The minimum absolute atomic E-state index is 0.0203. The highest BCUT2D eigenvalue weighted by atomic mass is 16.5. The molecule has 0 unspecified atom stereocenters. The van der Waals surface area contributed by atoms with Crippen molar-refractivity contribution in [3.8, 4) is 0 Å². The summed E-state index contributed by atoms with van der Waals surface area (Å²) in [6.07, 6.45) is 4.98. The first kappa shape index (κ1) is 17.2. The summed E-state index contributed by atoms with van der Waals surface area (Å²) in [6.45, 7) is 3.08. The highest BCUT2D eigenvalue weighted by molar-refractivity contribution is 5.92. The number of morpholine rings is 1. The monoisotopic (exact) mass is 342 g/mol. The third-order valence-electron chi connectivity index (χ3n) is 3.96. The number of nitrogens with zero attached hydrogens (tertiary/aromatic N) is 5. The molecule has 2 aromatic rings. The minimum atomic E-state index is -0.0454. The van der Waals surface area contributed by atoms with Gasteiger partial charge in [0.25, 0.3) is 0 Å². The van der Waals surface area contributed by atoms with E-state index in [-0.39, 0.29) is 12.0 Å². The molecule has 0 radical (unpaired) electrons. The van der Waals surface area contributed by atoms with Gasteiger partial charge in [-0.3, -0.25) is 14.7 Å².